The van der Waals surface area contributed by atoms with Crippen molar-refractivity contribution >= 4 is 23.6 Å². The third kappa shape index (κ3) is 5.89. The molecule has 2 aromatic rings. The fraction of sp³-hybridized carbons (Fsp3) is 0.429. The zero-order chi connectivity index (χ0) is 22.4. The van der Waals surface area contributed by atoms with Gasteiger partial charge in [0.25, 0.3) is 0 Å². The summed E-state index contributed by atoms with van der Waals surface area (Å²) in [5.74, 6) is -0.508. The Morgan fingerprint density at radius 3 is 2.68 bits per heavy atom. The number of benzene rings is 1. The molecule has 1 fully saturated rings. The van der Waals surface area contributed by atoms with Crippen molar-refractivity contribution in [3.8, 4) is 11.3 Å². The lowest BCUT2D eigenvalue weighted by atomic mass is 9.97. The maximum Gasteiger partial charge on any atom is 0.320 e. The first-order valence-corrected chi connectivity index (χ1v) is 10.2. The highest BCUT2D eigenvalue weighted by Gasteiger charge is 2.27. The molecule has 7 N–H and O–H groups in total. The van der Waals surface area contributed by atoms with Crippen molar-refractivity contribution in [2.24, 2.45) is 11.7 Å². The predicted molar refractivity (Wildman–Crippen MR) is 116 cm³/mol. The molecule has 10 nitrogen and oxygen atoms in total. The number of nitrogens with zero attached hydrogens (tertiary/aromatic N) is 3. The van der Waals surface area contributed by atoms with Crippen LogP contribution in [0, 0.1) is 5.92 Å². The van der Waals surface area contributed by atoms with E-state index < -0.39 is 12.0 Å². The van der Waals surface area contributed by atoms with Crippen molar-refractivity contribution in [2.45, 2.75) is 25.3 Å². The molecule has 31 heavy (non-hydrogen) atoms. The van der Waals surface area contributed by atoms with Crippen LogP contribution in [0.3, 0.4) is 0 Å². The van der Waals surface area contributed by atoms with Gasteiger partial charge in [-0.1, -0.05) is 24.3 Å². The average molecular weight is 428 g/mol. The molecule has 1 aliphatic heterocycles. The van der Waals surface area contributed by atoms with E-state index in [-0.39, 0.29) is 37.3 Å². The minimum absolute atomic E-state index is 0.0730. The van der Waals surface area contributed by atoms with Crippen LogP contribution in [-0.4, -0.2) is 64.3 Å². The van der Waals surface area contributed by atoms with Crippen LogP contribution in [0.2, 0.25) is 0 Å². The van der Waals surface area contributed by atoms with E-state index in [1.54, 1.807) is 0 Å². The molecule has 0 saturated carbocycles. The van der Waals surface area contributed by atoms with Crippen molar-refractivity contribution in [2.75, 3.05) is 36.9 Å². The Labute approximate surface area is 180 Å². The van der Waals surface area contributed by atoms with Crippen LogP contribution in [0.5, 0.6) is 0 Å². The number of anilines is 2. The standard InChI is InChI=1S/C21H28N6O4/c22-16(20(30)31)10-13-3-5-14(6-4-13)17-11-18(26-21(23)25-17)27-8-1-2-15(12-27)19(29)24-7-9-28/h3-6,11,15-16,28H,1-2,7-10,12,22H2,(H,24,29)(H,30,31)(H2,23,25,26)/t15?,16-/m0/s1. The van der Waals surface area contributed by atoms with Gasteiger partial charge in [-0.15, -0.1) is 0 Å². The zero-order valence-electron chi connectivity index (χ0n) is 17.2. The van der Waals surface area contributed by atoms with E-state index in [9.17, 15) is 9.59 Å². The maximum atomic E-state index is 12.3. The van der Waals surface area contributed by atoms with Gasteiger partial charge in [0, 0.05) is 31.3 Å². The van der Waals surface area contributed by atoms with E-state index in [4.69, 9.17) is 21.7 Å². The van der Waals surface area contributed by atoms with Gasteiger partial charge in [-0.25, -0.2) is 4.98 Å². The van der Waals surface area contributed by atoms with Crippen LogP contribution < -0.4 is 21.7 Å². The third-order valence-electron chi connectivity index (χ3n) is 5.28. The molecule has 166 valence electrons. The number of nitrogens with one attached hydrogen (secondary N) is 1. The van der Waals surface area contributed by atoms with Crippen molar-refractivity contribution in [3.05, 3.63) is 35.9 Å². The molecule has 1 amide bonds. The number of aliphatic hydroxyl groups is 1. The molecule has 1 aromatic heterocycles. The van der Waals surface area contributed by atoms with E-state index in [2.05, 4.69) is 15.3 Å². The maximum absolute atomic E-state index is 12.3. The molecular weight excluding hydrogens is 400 g/mol. The molecule has 1 aliphatic rings. The quantitative estimate of drug-likeness (QED) is 0.389. The SMILES string of the molecule is Nc1nc(-c2ccc(C[C@H](N)C(=O)O)cc2)cc(N2CCCC(C(=O)NCCO)C2)n1. The third-order valence-corrected chi connectivity index (χ3v) is 5.28. The number of piperidine rings is 1. The number of hydrogen-bond donors (Lipinski definition) is 5. The molecule has 0 aliphatic carbocycles. The minimum Gasteiger partial charge on any atom is -0.480 e. The first-order valence-electron chi connectivity index (χ1n) is 10.2. The van der Waals surface area contributed by atoms with Gasteiger partial charge in [0.1, 0.15) is 11.9 Å². The number of nitrogen functional groups attached to an aromatic ring is 1. The molecule has 2 heterocycles. The highest BCUT2D eigenvalue weighted by molar-refractivity contribution is 5.79. The second kappa shape index (κ2) is 10.2. The Bertz CT molecular complexity index is 921. The minimum atomic E-state index is -1.04. The Morgan fingerprint density at radius 2 is 2.00 bits per heavy atom. The van der Waals surface area contributed by atoms with E-state index in [0.29, 0.717) is 18.1 Å². The topological polar surface area (TPSA) is 168 Å². The molecule has 0 radical (unpaired) electrons. The van der Waals surface area contributed by atoms with E-state index in [1.165, 1.54) is 0 Å². The number of aliphatic hydroxyl groups excluding tert-OH is 1. The van der Waals surface area contributed by atoms with Gasteiger partial charge in [-0.2, -0.15) is 4.98 Å². The van der Waals surface area contributed by atoms with Crippen molar-refractivity contribution < 1.29 is 19.8 Å². The molecule has 2 atom stereocenters. The second-order valence-corrected chi connectivity index (χ2v) is 7.62. The smallest absolute Gasteiger partial charge is 0.320 e. The number of aromatic nitrogens is 2. The molecular formula is C21H28N6O4. The van der Waals surface area contributed by atoms with Crippen LogP contribution in [0.4, 0.5) is 11.8 Å². The molecule has 10 heteroatoms. The number of aliphatic carboxylic acids is 1. The largest absolute Gasteiger partial charge is 0.480 e. The summed E-state index contributed by atoms with van der Waals surface area (Å²) in [6, 6.07) is 8.21. The van der Waals surface area contributed by atoms with Gasteiger partial charge >= 0.3 is 5.97 Å². The van der Waals surface area contributed by atoms with Gasteiger partial charge in [-0.3, -0.25) is 9.59 Å². The van der Waals surface area contributed by atoms with Gasteiger partial charge in [-0.05, 0) is 24.8 Å². The first kappa shape index (κ1) is 22.4. The molecule has 3 rings (SSSR count). The first-order chi connectivity index (χ1) is 14.9. The van der Waals surface area contributed by atoms with E-state index >= 15 is 0 Å². The van der Waals surface area contributed by atoms with Crippen LogP contribution in [-0.2, 0) is 16.0 Å². The van der Waals surface area contributed by atoms with Crippen LogP contribution in [0.15, 0.2) is 30.3 Å². The number of carbonyl (C=O) groups is 2. The number of nitrogens with two attached hydrogens (primary N) is 2. The number of amides is 1. The summed E-state index contributed by atoms with van der Waals surface area (Å²) in [6.07, 6.45) is 1.86. The lowest BCUT2D eigenvalue weighted by Gasteiger charge is -2.33. The Morgan fingerprint density at radius 1 is 1.26 bits per heavy atom. The molecule has 1 saturated heterocycles. The summed E-state index contributed by atoms with van der Waals surface area (Å²) < 4.78 is 0. The van der Waals surface area contributed by atoms with Crippen LogP contribution >= 0.6 is 0 Å². The highest BCUT2D eigenvalue weighted by Crippen LogP contribution is 2.27. The lowest BCUT2D eigenvalue weighted by molar-refractivity contribution is -0.138. The monoisotopic (exact) mass is 428 g/mol. The zero-order valence-corrected chi connectivity index (χ0v) is 17.2. The number of carbonyl (C=O) groups excluding carboxylic acids is 1. The summed E-state index contributed by atoms with van der Waals surface area (Å²) in [4.78, 5) is 33.9. The van der Waals surface area contributed by atoms with Crippen molar-refractivity contribution in [1.82, 2.24) is 15.3 Å². The number of carboxylic acids is 1. The number of rotatable bonds is 8. The van der Waals surface area contributed by atoms with Crippen LogP contribution in [0.25, 0.3) is 11.3 Å². The molecule has 1 aromatic carbocycles. The Balaban J connectivity index is 1.75. The summed E-state index contributed by atoms with van der Waals surface area (Å²) in [6.45, 7) is 1.42. The molecule has 0 bridgehead atoms. The normalized spacial score (nSPS) is 17.2. The summed E-state index contributed by atoms with van der Waals surface area (Å²) >= 11 is 0. The van der Waals surface area contributed by atoms with Gasteiger partial charge in [0.05, 0.1) is 18.2 Å². The number of carboxylic acid groups (broad SMARTS) is 1. The molecule has 0 spiro atoms. The van der Waals surface area contributed by atoms with Gasteiger partial charge < -0.3 is 31.9 Å². The van der Waals surface area contributed by atoms with Gasteiger partial charge in [0.2, 0.25) is 11.9 Å². The Kier molecular flexibility index (Phi) is 7.37. The predicted octanol–water partition coefficient (Wildman–Crippen LogP) is 0.00510. The fourth-order valence-electron chi connectivity index (χ4n) is 3.64. The van der Waals surface area contributed by atoms with Gasteiger partial charge in [0.15, 0.2) is 0 Å². The Hall–Kier alpha value is -3.24. The summed E-state index contributed by atoms with van der Waals surface area (Å²) in [7, 11) is 0. The van der Waals surface area contributed by atoms with E-state index in [0.717, 1.165) is 30.5 Å². The van der Waals surface area contributed by atoms with Crippen molar-refractivity contribution in [3.63, 3.8) is 0 Å². The van der Waals surface area contributed by atoms with Crippen LogP contribution in [0.1, 0.15) is 18.4 Å². The van der Waals surface area contributed by atoms with E-state index in [1.807, 2.05) is 35.2 Å². The average Bonchev–Trinajstić information content (AvgIpc) is 2.77. The number of hydrogen-bond acceptors (Lipinski definition) is 8. The summed E-state index contributed by atoms with van der Waals surface area (Å²) in [5.41, 5.74) is 13.8. The summed E-state index contributed by atoms with van der Waals surface area (Å²) in [5, 5.41) is 20.6. The lowest BCUT2D eigenvalue weighted by Crippen LogP contribution is -2.44. The van der Waals surface area contributed by atoms with Crippen molar-refractivity contribution in [1.29, 1.82) is 0 Å². The second-order valence-electron chi connectivity index (χ2n) is 7.62. The highest BCUT2D eigenvalue weighted by atomic mass is 16.4. The molecule has 1 unspecified atom stereocenters. The fourth-order valence-corrected chi connectivity index (χ4v) is 3.64.